The van der Waals surface area contributed by atoms with Gasteiger partial charge in [0, 0.05) is 29.6 Å². The maximum absolute atomic E-state index is 13.9. The van der Waals surface area contributed by atoms with Crippen LogP contribution in [0.1, 0.15) is 44.6 Å². The molecule has 0 aliphatic carbocycles. The largest absolute Gasteiger partial charge is 0.300 e. The van der Waals surface area contributed by atoms with Gasteiger partial charge in [0.1, 0.15) is 11.6 Å². The topological polar surface area (TPSA) is 20.3 Å². The average molecular weight is 298 g/mol. The maximum atomic E-state index is 13.9. The summed E-state index contributed by atoms with van der Waals surface area (Å²) < 4.78 is 13.9. The smallest absolute Gasteiger partial charge is 0.131 e. The molecule has 0 radical (unpaired) electrons. The fourth-order valence-electron chi connectivity index (χ4n) is 2.89. The Morgan fingerprint density at radius 3 is 2.90 bits per heavy atom. The van der Waals surface area contributed by atoms with E-state index in [2.05, 4.69) is 4.90 Å². The third kappa shape index (κ3) is 4.03. The number of carbonyl (C=O) groups is 1. The number of nitrogens with zero attached hydrogens (tertiary/aromatic N) is 1. The van der Waals surface area contributed by atoms with Crippen molar-refractivity contribution in [2.75, 3.05) is 6.54 Å². The molecule has 0 amide bonds. The summed E-state index contributed by atoms with van der Waals surface area (Å²) in [6, 6.07) is 5.00. The van der Waals surface area contributed by atoms with Crippen molar-refractivity contribution in [3.63, 3.8) is 0 Å². The van der Waals surface area contributed by atoms with Gasteiger partial charge in [0.05, 0.1) is 0 Å². The van der Waals surface area contributed by atoms with Crippen molar-refractivity contribution in [1.82, 2.24) is 4.90 Å². The number of rotatable bonds is 4. The van der Waals surface area contributed by atoms with E-state index in [1.165, 1.54) is 12.5 Å². The van der Waals surface area contributed by atoms with Gasteiger partial charge in [-0.25, -0.2) is 4.39 Å². The van der Waals surface area contributed by atoms with Crippen molar-refractivity contribution in [2.45, 2.75) is 51.6 Å². The predicted octanol–water partition coefficient (Wildman–Crippen LogP) is 4.20. The number of carbonyl (C=O) groups excluding carboxylic acids is 1. The standard InChI is InChI=1S/C16H21ClFNO/c1-12(20)10-13-6-3-2-4-9-19(13)11-14-15(17)7-5-8-16(14)18/h5,7-8,13H,2-4,6,9-11H2,1H3. The fourth-order valence-corrected chi connectivity index (χ4v) is 3.12. The number of hydrogen-bond acceptors (Lipinski definition) is 2. The molecule has 1 aliphatic rings. The van der Waals surface area contributed by atoms with Gasteiger partial charge in [0.2, 0.25) is 0 Å². The van der Waals surface area contributed by atoms with Gasteiger partial charge in [-0.2, -0.15) is 0 Å². The van der Waals surface area contributed by atoms with Gasteiger partial charge in [-0.1, -0.05) is 30.5 Å². The quantitative estimate of drug-likeness (QED) is 0.830. The highest BCUT2D eigenvalue weighted by Crippen LogP contribution is 2.26. The predicted molar refractivity (Wildman–Crippen MR) is 79.4 cm³/mol. The van der Waals surface area contributed by atoms with E-state index in [1.54, 1.807) is 19.1 Å². The van der Waals surface area contributed by atoms with Crippen molar-refractivity contribution in [2.24, 2.45) is 0 Å². The van der Waals surface area contributed by atoms with E-state index in [0.717, 1.165) is 25.8 Å². The van der Waals surface area contributed by atoms with E-state index in [1.807, 2.05) is 0 Å². The van der Waals surface area contributed by atoms with E-state index < -0.39 is 0 Å². The third-order valence-corrected chi connectivity index (χ3v) is 4.30. The number of benzene rings is 1. The number of hydrogen-bond donors (Lipinski definition) is 0. The van der Waals surface area contributed by atoms with Crippen LogP contribution in [0.2, 0.25) is 5.02 Å². The fraction of sp³-hybridized carbons (Fsp3) is 0.562. The van der Waals surface area contributed by atoms with Crippen LogP contribution >= 0.6 is 11.6 Å². The Labute approximate surface area is 124 Å². The molecule has 1 fully saturated rings. The summed E-state index contributed by atoms with van der Waals surface area (Å²) in [6.07, 6.45) is 4.97. The Bertz CT molecular complexity index is 457. The van der Waals surface area contributed by atoms with Crippen LogP contribution in [-0.2, 0) is 11.3 Å². The molecule has 2 nitrogen and oxygen atoms in total. The molecule has 1 heterocycles. The van der Waals surface area contributed by atoms with E-state index in [-0.39, 0.29) is 17.6 Å². The lowest BCUT2D eigenvalue weighted by Crippen LogP contribution is -2.36. The molecule has 1 unspecified atom stereocenters. The van der Waals surface area contributed by atoms with Crippen molar-refractivity contribution in [1.29, 1.82) is 0 Å². The van der Waals surface area contributed by atoms with Crippen LogP contribution < -0.4 is 0 Å². The monoisotopic (exact) mass is 297 g/mol. The molecular weight excluding hydrogens is 277 g/mol. The lowest BCUT2D eigenvalue weighted by Gasteiger charge is -2.29. The minimum Gasteiger partial charge on any atom is -0.300 e. The van der Waals surface area contributed by atoms with Crippen LogP contribution in [0.15, 0.2) is 18.2 Å². The normalized spacial score (nSPS) is 20.6. The van der Waals surface area contributed by atoms with Gasteiger partial charge in [-0.05, 0) is 38.4 Å². The van der Waals surface area contributed by atoms with Crippen molar-refractivity contribution in [3.05, 3.63) is 34.6 Å². The van der Waals surface area contributed by atoms with Gasteiger partial charge < -0.3 is 0 Å². The Kier molecular flexibility index (Phi) is 5.55. The van der Waals surface area contributed by atoms with Crippen molar-refractivity contribution >= 4 is 17.4 Å². The summed E-state index contributed by atoms with van der Waals surface area (Å²) in [6.45, 7) is 3.02. The van der Waals surface area contributed by atoms with Gasteiger partial charge in [0.15, 0.2) is 0 Å². The molecule has 0 bridgehead atoms. The van der Waals surface area contributed by atoms with Crippen LogP contribution in [-0.4, -0.2) is 23.3 Å². The van der Waals surface area contributed by atoms with E-state index >= 15 is 0 Å². The summed E-state index contributed by atoms with van der Waals surface area (Å²) in [5.41, 5.74) is 0.546. The summed E-state index contributed by atoms with van der Waals surface area (Å²) in [7, 11) is 0. The third-order valence-electron chi connectivity index (χ3n) is 3.95. The summed E-state index contributed by atoms with van der Waals surface area (Å²) in [5, 5.41) is 0.468. The Morgan fingerprint density at radius 2 is 2.20 bits per heavy atom. The van der Waals surface area contributed by atoms with Gasteiger partial charge in [-0.3, -0.25) is 9.69 Å². The molecule has 0 N–H and O–H groups in total. The molecule has 4 heteroatoms. The highest BCUT2D eigenvalue weighted by atomic mass is 35.5. The molecule has 110 valence electrons. The number of halogens is 2. The highest BCUT2D eigenvalue weighted by molar-refractivity contribution is 6.31. The van der Waals surface area contributed by atoms with Crippen LogP contribution in [0.25, 0.3) is 0 Å². The van der Waals surface area contributed by atoms with Crippen LogP contribution in [0, 0.1) is 5.82 Å². The molecule has 0 spiro atoms. The maximum Gasteiger partial charge on any atom is 0.131 e. The lowest BCUT2D eigenvalue weighted by atomic mass is 10.0. The molecule has 1 atom stereocenters. The van der Waals surface area contributed by atoms with E-state index in [0.29, 0.717) is 23.6 Å². The van der Waals surface area contributed by atoms with Crippen LogP contribution in [0.4, 0.5) is 4.39 Å². The highest BCUT2D eigenvalue weighted by Gasteiger charge is 2.23. The molecule has 0 saturated carbocycles. The average Bonchev–Trinajstić information content (AvgIpc) is 2.59. The summed E-state index contributed by atoms with van der Waals surface area (Å²) in [5.74, 6) is -0.0650. The zero-order chi connectivity index (χ0) is 14.5. The second-order valence-electron chi connectivity index (χ2n) is 5.58. The van der Waals surface area contributed by atoms with E-state index in [4.69, 9.17) is 11.6 Å². The second kappa shape index (κ2) is 7.19. The second-order valence-corrected chi connectivity index (χ2v) is 5.99. The molecule has 0 aromatic heterocycles. The summed E-state index contributed by atoms with van der Waals surface area (Å²) >= 11 is 6.11. The molecule has 1 aromatic rings. The van der Waals surface area contributed by atoms with Gasteiger partial charge in [-0.15, -0.1) is 0 Å². The summed E-state index contributed by atoms with van der Waals surface area (Å²) in [4.78, 5) is 13.7. The minimum absolute atomic E-state index is 0.196. The first-order valence-corrected chi connectivity index (χ1v) is 7.62. The molecule has 1 aliphatic heterocycles. The molecule has 2 rings (SSSR count). The van der Waals surface area contributed by atoms with Crippen LogP contribution in [0.3, 0.4) is 0 Å². The lowest BCUT2D eigenvalue weighted by molar-refractivity contribution is -0.118. The Balaban J connectivity index is 2.16. The first-order chi connectivity index (χ1) is 9.58. The van der Waals surface area contributed by atoms with Gasteiger partial charge in [0.25, 0.3) is 0 Å². The Hall–Kier alpha value is -0.930. The molecule has 1 saturated heterocycles. The zero-order valence-corrected chi connectivity index (χ0v) is 12.6. The minimum atomic E-state index is -0.261. The molecule has 20 heavy (non-hydrogen) atoms. The van der Waals surface area contributed by atoms with Crippen molar-refractivity contribution in [3.8, 4) is 0 Å². The van der Waals surface area contributed by atoms with Crippen molar-refractivity contribution < 1.29 is 9.18 Å². The first-order valence-electron chi connectivity index (χ1n) is 7.24. The SMILES string of the molecule is CC(=O)CC1CCCCCN1Cc1c(F)cccc1Cl. The van der Waals surface area contributed by atoms with E-state index in [9.17, 15) is 9.18 Å². The Morgan fingerprint density at radius 1 is 1.40 bits per heavy atom. The zero-order valence-electron chi connectivity index (χ0n) is 11.9. The number of likely N-dealkylation sites (tertiary alicyclic amines) is 1. The van der Waals surface area contributed by atoms with Gasteiger partial charge >= 0.3 is 0 Å². The molecular formula is C16H21ClFNO. The number of Topliss-reactive ketones (excluding diaryl/α,β-unsaturated/α-hetero) is 1. The molecule has 1 aromatic carbocycles. The van der Waals surface area contributed by atoms with Crippen LogP contribution in [0.5, 0.6) is 0 Å². The number of ketones is 1. The first kappa shape index (κ1) is 15.5.